The third-order valence-corrected chi connectivity index (χ3v) is 6.90. The predicted octanol–water partition coefficient (Wildman–Crippen LogP) is 1.15. The fraction of sp³-hybridized carbons (Fsp3) is 0.364. The van der Waals surface area contributed by atoms with Crippen molar-refractivity contribution in [2.45, 2.75) is 17.9 Å². The maximum absolute atomic E-state index is 13.0. The van der Waals surface area contributed by atoms with Crippen LogP contribution in [0, 0.1) is 0 Å². The SMILES string of the molecule is COc1ccc(C(=O)NCCC(=O)NCc2ccccc2)cc1S(=O)(=O)N1CCOCC1. The van der Waals surface area contributed by atoms with E-state index >= 15 is 0 Å². The van der Waals surface area contributed by atoms with Gasteiger partial charge in [-0.2, -0.15) is 4.31 Å². The average Bonchev–Trinajstić information content (AvgIpc) is 2.83. The van der Waals surface area contributed by atoms with E-state index in [0.717, 1.165) is 5.56 Å². The second kappa shape index (κ2) is 11.1. The fourth-order valence-corrected chi connectivity index (χ4v) is 4.81. The lowest BCUT2D eigenvalue weighted by molar-refractivity contribution is -0.121. The molecule has 0 saturated carbocycles. The lowest BCUT2D eigenvalue weighted by Gasteiger charge is -2.26. The van der Waals surface area contributed by atoms with Gasteiger partial charge in [0.25, 0.3) is 5.91 Å². The standard InChI is InChI=1S/C22H27N3O6S/c1-30-19-8-7-18(15-20(19)32(28,29)25-11-13-31-14-12-25)22(27)23-10-9-21(26)24-16-17-5-3-2-4-6-17/h2-8,15H,9-14,16H2,1H3,(H,23,27)(H,24,26). The third kappa shape index (κ3) is 6.06. The van der Waals surface area contributed by atoms with Crippen LogP contribution in [0.3, 0.4) is 0 Å². The number of carbonyl (C=O) groups is 2. The molecule has 2 N–H and O–H groups in total. The van der Waals surface area contributed by atoms with Gasteiger partial charge in [-0.1, -0.05) is 30.3 Å². The highest BCUT2D eigenvalue weighted by Crippen LogP contribution is 2.28. The summed E-state index contributed by atoms with van der Waals surface area (Å²) in [4.78, 5) is 24.5. The molecule has 2 aromatic rings. The molecule has 1 saturated heterocycles. The number of carbonyl (C=O) groups excluding carboxylic acids is 2. The smallest absolute Gasteiger partial charge is 0.251 e. The summed E-state index contributed by atoms with van der Waals surface area (Å²) in [5.74, 6) is -0.505. The normalized spacial score (nSPS) is 14.5. The van der Waals surface area contributed by atoms with E-state index < -0.39 is 15.9 Å². The number of sulfonamides is 1. The van der Waals surface area contributed by atoms with Crippen molar-refractivity contribution >= 4 is 21.8 Å². The van der Waals surface area contributed by atoms with Crippen molar-refractivity contribution < 1.29 is 27.5 Å². The molecule has 32 heavy (non-hydrogen) atoms. The number of hydrogen-bond donors (Lipinski definition) is 2. The summed E-state index contributed by atoms with van der Waals surface area (Å²) >= 11 is 0. The summed E-state index contributed by atoms with van der Waals surface area (Å²) < 4.78 is 37.8. The molecule has 0 aromatic heterocycles. The van der Waals surface area contributed by atoms with E-state index in [1.807, 2.05) is 30.3 Å². The molecule has 2 amide bonds. The Balaban J connectivity index is 1.59. The van der Waals surface area contributed by atoms with Crippen LogP contribution in [-0.4, -0.2) is 64.5 Å². The molecular formula is C22H27N3O6S. The van der Waals surface area contributed by atoms with E-state index in [4.69, 9.17) is 9.47 Å². The van der Waals surface area contributed by atoms with Crippen LogP contribution in [0.15, 0.2) is 53.4 Å². The Morgan fingerprint density at radius 1 is 1.06 bits per heavy atom. The van der Waals surface area contributed by atoms with Crippen LogP contribution in [0.5, 0.6) is 5.75 Å². The number of hydrogen-bond acceptors (Lipinski definition) is 6. The number of nitrogens with zero attached hydrogens (tertiary/aromatic N) is 1. The monoisotopic (exact) mass is 461 g/mol. The zero-order chi connectivity index (χ0) is 23.0. The second-order valence-electron chi connectivity index (χ2n) is 7.15. The highest BCUT2D eigenvalue weighted by Gasteiger charge is 2.30. The Kier molecular flexibility index (Phi) is 8.20. The highest BCUT2D eigenvalue weighted by atomic mass is 32.2. The van der Waals surface area contributed by atoms with Gasteiger partial charge in [-0.15, -0.1) is 0 Å². The molecule has 0 aliphatic carbocycles. The molecule has 10 heteroatoms. The minimum Gasteiger partial charge on any atom is -0.495 e. The summed E-state index contributed by atoms with van der Waals surface area (Å²) in [7, 11) is -2.47. The first-order valence-electron chi connectivity index (χ1n) is 10.3. The molecule has 9 nitrogen and oxygen atoms in total. The predicted molar refractivity (Wildman–Crippen MR) is 118 cm³/mol. The Morgan fingerprint density at radius 2 is 1.78 bits per heavy atom. The lowest BCUT2D eigenvalue weighted by atomic mass is 10.2. The molecule has 0 radical (unpaired) electrons. The third-order valence-electron chi connectivity index (χ3n) is 4.98. The molecule has 0 unspecified atom stereocenters. The largest absolute Gasteiger partial charge is 0.495 e. The van der Waals surface area contributed by atoms with Crippen molar-refractivity contribution in [1.82, 2.24) is 14.9 Å². The lowest BCUT2D eigenvalue weighted by Crippen LogP contribution is -2.40. The molecule has 0 spiro atoms. The van der Waals surface area contributed by atoms with Crippen molar-refractivity contribution in [1.29, 1.82) is 0 Å². The number of morpholine rings is 1. The zero-order valence-electron chi connectivity index (χ0n) is 17.9. The maximum atomic E-state index is 13.0. The van der Waals surface area contributed by atoms with Gasteiger partial charge in [0.2, 0.25) is 15.9 Å². The number of rotatable bonds is 9. The number of amides is 2. The summed E-state index contributed by atoms with van der Waals surface area (Å²) in [6, 6.07) is 13.7. The Morgan fingerprint density at radius 3 is 2.47 bits per heavy atom. The molecule has 2 aromatic carbocycles. The molecule has 1 fully saturated rings. The quantitative estimate of drug-likeness (QED) is 0.579. The first-order chi connectivity index (χ1) is 15.4. The van der Waals surface area contributed by atoms with Crippen molar-refractivity contribution in [2.75, 3.05) is 40.0 Å². The minimum absolute atomic E-state index is 0.0739. The Labute approximate surface area is 187 Å². The van der Waals surface area contributed by atoms with Crippen LogP contribution in [0.1, 0.15) is 22.3 Å². The van der Waals surface area contributed by atoms with Crippen LogP contribution >= 0.6 is 0 Å². The van der Waals surface area contributed by atoms with E-state index in [0.29, 0.717) is 19.8 Å². The van der Waals surface area contributed by atoms with Gasteiger partial charge in [0.1, 0.15) is 10.6 Å². The second-order valence-corrected chi connectivity index (χ2v) is 9.06. The van der Waals surface area contributed by atoms with E-state index in [1.165, 1.54) is 29.6 Å². The maximum Gasteiger partial charge on any atom is 0.251 e. The van der Waals surface area contributed by atoms with Gasteiger partial charge in [-0.05, 0) is 23.8 Å². The summed E-state index contributed by atoms with van der Waals surface area (Å²) in [5.41, 5.74) is 1.15. The van der Waals surface area contributed by atoms with Crippen LogP contribution in [0.4, 0.5) is 0 Å². The molecule has 3 rings (SSSR count). The molecule has 1 aliphatic rings. The fourth-order valence-electron chi connectivity index (χ4n) is 3.22. The summed E-state index contributed by atoms with van der Waals surface area (Å²) in [5, 5.41) is 5.45. The van der Waals surface area contributed by atoms with Crippen LogP contribution in [0.25, 0.3) is 0 Å². The summed E-state index contributed by atoms with van der Waals surface area (Å²) in [6.45, 7) is 1.63. The molecular weight excluding hydrogens is 434 g/mol. The number of benzene rings is 2. The van der Waals surface area contributed by atoms with Gasteiger partial charge >= 0.3 is 0 Å². The molecule has 172 valence electrons. The number of ether oxygens (including phenoxy) is 2. The van der Waals surface area contributed by atoms with Gasteiger partial charge in [0.05, 0.1) is 20.3 Å². The van der Waals surface area contributed by atoms with E-state index in [2.05, 4.69) is 10.6 Å². The molecule has 0 atom stereocenters. The average molecular weight is 462 g/mol. The van der Waals surface area contributed by atoms with E-state index in [1.54, 1.807) is 0 Å². The van der Waals surface area contributed by atoms with Crippen LogP contribution in [-0.2, 0) is 26.1 Å². The van der Waals surface area contributed by atoms with E-state index in [-0.39, 0.29) is 48.2 Å². The first kappa shape index (κ1) is 23.7. The van der Waals surface area contributed by atoms with Crippen LogP contribution < -0.4 is 15.4 Å². The van der Waals surface area contributed by atoms with Crippen molar-refractivity contribution in [3.63, 3.8) is 0 Å². The van der Waals surface area contributed by atoms with E-state index in [9.17, 15) is 18.0 Å². The summed E-state index contributed by atoms with van der Waals surface area (Å²) in [6.07, 6.45) is 0.105. The van der Waals surface area contributed by atoms with Crippen molar-refractivity contribution in [3.05, 3.63) is 59.7 Å². The van der Waals surface area contributed by atoms with Crippen LogP contribution in [0.2, 0.25) is 0 Å². The number of methoxy groups -OCH3 is 1. The molecule has 0 bridgehead atoms. The minimum atomic E-state index is -3.84. The van der Waals surface area contributed by atoms with Gasteiger partial charge in [-0.3, -0.25) is 9.59 Å². The Hall–Kier alpha value is -2.95. The molecule has 1 heterocycles. The molecule has 1 aliphatic heterocycles. The van der Waals surface area contributed by atoms with Gasteiger partial charge < -0.3 is 20.1 Å². The van der Waals surface area contributed by atoms with Crippen molar-refractivity contribution in [3.8, 4) is 5.75 Å². The Bertz CT molecular complexity index is 1040. The van der Waals surface area contributed by atoms with Gasteiger partial charge in [0.15, 0.2) is 0 Å². The highest BCUT2D eigenvalue weighted by molar-refractivity contribution is 7.89. The first-order valence-corrected chi connectivity index (χ1v) is 11.7. The topological polar surface area (TPSA) is 114 Å². The zero-order valence-corrected chi connectivity index (χ0v) is 18.7. The van der Waals surface area contributed by atoms with Crippen molar-refractivity contribution in [2.24, 2.45) is 0 Å². The van der Waals surface area contributed by atoms with Gasteiger partial charge in [0, 0.05) is 38.2 Å². The van der Waals surface area contributed by atoms with Gasteiger partial charge in [-0.25, -0.2) is 8.42 Å². The number of nitrogens with one attached hydrogen (secondary N) is 2.